The van der Waals surface area contributed by atoms with Crippen LogP contribution in [-0.2, 0) is 26.4 Å². The number of carbonyl (C=O) groups excluding carboxylic acids is 1. The minimum absolute atomic E-state index is 0.217. The van der Waals surface area contributed by atoms with Gasteiger partial charge in [-0.2, -0.15) is 5.10 Å². The lowest BCUT2D eigenvalue weighted by molar-refractivity contribution is 0.0942. The van der Waals surface area contributed by atoms with E-state index < -0.39 is 0 Å². The predicted octanol–water partition coefficient (Wildman–Crippen LogP) is 1.51. The quantitative estimate of drug-likeness (QED) is 0.875. The maximum Gasteiger partial charge on any atom is 0.272 e. The molecule has 0 radical (unpaired) electrons. The number of nitrogen functional groups attached to an aromatic ring is 1. The number of anilines is 1. The molecule has 0 saturated heterocycles. The Balaban J connectivity index is 2.07. The van der Waals surface area contributed by atoms with Crippen LogP contribution < -0.4 is 11.1 Å². The Kier molecular flexibility index (Phi) is 4.39. The Bertz CT molecular complexity index is 616. The van der Waals surface area contributed by atoms with Gasteiger partial charge in [-0.1, -0.05) is 13.8 Å². The fraction of sp³-hybridized carbons (Fsp3) is 0.462. The summed E-state index contributed by atoms with van der Waals surface area (Å²) in [5.41, 5.74) is 7.57. The molecule has 2 heterocycles. The van der Waals surface area contributed by atoms with Crippen molar-refractivity contribution < 1.29 is 4.79 Å². The molecule has 0 spiro atoms. The maximum atomic E-state index is 12.2. The number of hydrogen-bond acceptors (Lipinski definition) is 5. The minimum Gasteiger partial charge on any atom is -0.395 e. The van der Waals surface area contributed by atoms with Gasteiger partial charge in [0, 0.05) is 18.1 Å². The molecular weight excluding hydrogens is 274 g/mol. The van der Waals surface area contributed by atoms with Crippen molar-refractivity contribution >= 4 is 22.9 Å². The largest absolute Gasteiger partial charge is 0.395 e. The van der Waals surface area contributed by atoms with E-state index in [1.807, 2.05) is 13.1 Å². The second kappa shape index (κ2) is 6.04. The van der Waals surface area contributed by atoms with Crippen LogP contribution in [-0.4, -0.2) is 20.7 Å². The van der Waals surface area contributed by atoms with E-state index >= 15 is 0 Å². The smallest absolute Gasteiger partial charge is 0.272 e. The molecule has 7 heteroatoms. The molecule has 3 N–H and O–H groups in total. The average Bonchev–Trinajstić information content (AvgIpc) is 3.00. The van der Waals surface area contributed by atoms with Crippen LogP contribution in [0.3, 0.4) is 0 Å². The van der Waals surface area contributed by atoms with Crippen molar-refractivity contribution in [3.63, 3.8) is 0 Å². The van der Waals surface area contributed by atoms with E-state index in [4.69, 9.17) is 5.73 Å². The van der Waals surface area contributed by atoms with Gasteiger partial charge in [-0.05, 0) is 12.8 Å². The first-order valence-electron chi connectivity index (χ1n) is 6.59. The van der Waals surface area contributed by atoms with Crippen LogP contribution in [0.5, 0.6) is 0 Å². The van der Waals surface area contributed by atoms with E-state index in [2.05, 4.69) is 22.3 Å². The molecule has 0 fully saturated rings. The summed E-state index contributed by atoms with van der Waals surface area (Å²) in [7, 11) is 1.73. The first kappa shape index (κ1) is 14.5. The Morgan fingerprint density at radius 3 is 2.75 bits per heavy atom. The fourth-order valence-electron chi connectivity index (χ4n) is 1.96. The first-order valence-corrected chi connectivity index (χ1v) is 7.41. The van der Waals surface area contributed by atoms with Gasteiger partial charge in [0.05, 0.1) is 17.9 Å². The number of nitrogens with zero attached hydrogens (tertiary/aromatic N) is 3. The molecule has 20 heavy (non-hydrogen) atoms. The van der Waals surface area contributed by atoms with Gasteiger partial charge in [-0.3, -0.25) is 9.48 Å². The Morgan fingerprint density at radius 1 is 1.45 bits per heavy atom. The molecule has 0 aromatic carbocycles. The van der Waals surface area contributed by atoms with E-state index in [-0.39, 0.29) is 5.91 Å². The minimum atomic E-state index is -0.217. The second-order valence-corrected chi connectivity index (χ2v) is 5.64. The molecule has 0 bridgehead atoms. The summed E-state index contributed by atoms with van der Waals surface area (Å²) < 4.78 is 1.53. The molecule has 2 aromatic rings. The zero-order chi connectivity index (χ0) is 14.7. The Hall–Kier alpha value is -1.89. The summed E-state index contributed by atoms with van der Waals surface area (Å²) in [6, 6.07) is 0. The molecule has 0 saturated carbocycles. The molecule has 0 aliphatic carbocycles. The second-order valence-electron chi connectivity index (χ2n) is 4.44. The molecule has 0 aliphatic heterocycles. The van der Waals surface area contributed by atoms with E-state index in [1.165, 1.54) is 9.56 Å². The summed E-state index contributed by atoms with van der Waals surface area (Å²) >= 11 is 1.61. The molecule has 0 atom stereocenters. The van der Waals surface area contributed by atoms with Crippen LogP contribution in [0.1, 0.15) is 39.9 Å². The van der Waals surface area contributed by atoms with E-state index in [9.17, 15) is 4.79 Å². The number of carbonyl (C=O) groups is 1. The molecule has 2 rings (SSSR count). The third-order valence-electron chi connectivity index (χ3n) is 3.06. The Morgan fingerprint density at radius 2 is 2.20 bits per heavy atom. The summed E-state index contributed by atoms with van der Waals surface area (Å²) in [5, 5.41) is 7.97. The molecule has 108 valence electrons. The summed E-state index contributed by atoms with van der Waals surface area (Å²) in [5.74, 6) is -0.217. The van der Waals surface area contributed by atoms with Crippen molar-refractivity contribution in [2.75, 3.05) is 5.73 Å². The highest BCUT2D eigenvalue weighted by Crippen LogP contribution is 2.17. The van der Waals surface area contributed by atoms with E-state index in [0.29, 0.717) is 24.3 Å². The third kappa shape index (κ3) is 2.82. The van der Waals surface area contributed by atoms with Gasteiger partial charge in [0.25, 0.3) is 5.91 Å². The van der Waals surface area contributed by atoms with Gasteiger partial charge in [-0.15, -0.1) is 11.3 Å². The molecular formula is C13H19N5OS. The van der Waals surface area contributed by atoms with Gasteiger partial charge < -0.3 is 11.1 Å². The number of aromatic nitrogens is 3. The van der Waals surface area contributed by atoms with Crippen LogP contribution in [0.2, 0.25) is 0 Å². The van der Waals surface area contributed by atoms with Crippen LogP contribution in [0.4, 0.5) is 5.69 Å². The highest BCUT2D eigenvalue weighted by molar-refractivity contribution is 7.11. The standard InChI is InChI=1S/C13H19N5OS/c1-4-8-6-15-10(20-8)7-16-13(19)12-11(14)9(5-2)17-18(12)3/h6H,4-5,7,14H2,1-3H3,(H,16,19). The van der Waals surface area contributed by atoms with Gasteiger partial charge >= 0.3 is 0 Å². The fourth-order valence-corrected chi connectivity index (χ4v) is 2.76. The molecule has 0 unspecified atom stereocenters. The molecule has 0 aliphatic rings. The van der Waals surface area contributed by atoms with Crippen molar-refractivity contribution in [3.8, 4) is 0 Å². The van der Waals surface area contributed by atoms with E-state index in [0.717, 1.165) is 17.1 Å². The number of nitrogens with two attached hydrogens (primary N) is 1. The van der Waals surface area contributed by atoms with Crippen molar-refractivity contribution in [2.45, 2.75) is 33.2 Å². The summed E-state index contributed by atoms with van der Waals surface area (Å²) in [4.78, 5) is 17.7. The highest BCUT2D eigenvalue weighted by atomic mass is 32.1. The lowest BCUT2D eigenvalue weighted by atomic mass is 10.2. The number of aryl methyl sites for hydroxylation is 3. The number of amides is 1. The zero-order valence-corrected chi connectivity index (χ0v) is 12.8. The number of nitrogens with one attached hydrogen (secondary N) is 1. The van der Waals surface area contributed by atoms with Gasteiger partial charge in [-0.25, -0.2) is 4.98 Å². The van der Waals surface area contributed by atoms with Crippen molar-refractivity contribution in [1.29, 1.82) is 0 Å². The van der Waals surface area contributed by atoms with Gasteiger partial charge in [0.1, 0.15) is 10.7 Å². The molecule has 6 nitrogen and oxygen atoms in total. The highest BCUT2D eigenvalue weighted by Gasteiger charge is 2.19. The van der Waals surface area contributed by atoms with Crippen molar-refractivity contribution in [2.24, 2.45) is 7.05 Å². The monoisotopic (exact) mass is 293 g/mol. The zero-order valence-electron chi connectivity index (χ0n) is 11.9. The number of thiazole rings is 1. The molecule has 1 amide bonds. The maximum absolute atomic E-state index is 12.2. The third-order valence-corrected chi connectivity index (χ3v) is 4.20. The van der Waals surface area contributed by atoms with Gasteiger partial charge in [0.2, 0.25) is 0 Å². The lowest BCUT2D eigenvalue weighted by Gasteiger charge is -2.04. The van der Waals surface area contributed by atoms with Gasteiger partial charge in [0.15, 0.2) is 0 Å². The normalized spacial score (nSPS) is 10.8. The van der Waals surface area contributed by atoms with Crippen LogP contribution in [0.25, 0.3) is 0 Å². The van der Waals surface area contributed by atoms with E-state index in [1.54, 1.807) is 18.4 Å². The van der Waals surface area contributed by atoms with Crippen molar-refractivity contribution in [1.82, 2.24) is 20.1 Å². The van der Waals surface area contributed by atoms with Crippen LogP contribution in [0.15, 0.2) is 6.20 Å². The predicted molar refractivity (Wildman–Crippen MR) is 79.7 cm³/mol. The molecule has 2 aromatic heterocycles. The average molecular weight is 293 g/mol. The van der Waals surface area contributed by atoms with Crippen molar-refractivity contribution in [3.05, 3.63) is 27.5 Å². The summed E-state index contributed by atoms with van der Waals surface area (Å²) in [6.07, 6.45) is 3.51. The Labute approximate surface area is 122 Å². The topological polar surface area (TPSA) is 85.8 Å². The first-order chi connectivity index (χ1) is 9.56. The lowest BCUT2D eigenvalue weighted by Crippen LogP contribution is -2.26. The number of rotatable bonds is 5. The van der Waals surface area contributed by atoms with Crippen LogP contribution >= 0.6 is 11.3 Å². The summed E-state index contributed by atoms with van der Waals surface area (Å²) in [6.45, 7) is 4.45. The number of hydrogen-bond donors (Lipinski definition) is 2. The van der Waals surface area contributed by atoms with Crippen LogP contribution in [0, 0.1) is 0 Å². The SMILES string of the molecule is CCc1cnc(CNC(=O)c2c(N)c(CC)nn2C)s1.